The van der Waals surface area contributed by atoms with Crippen molar-refractivity contribution in [3.63, 3.8) is 0 Å². The van der Waals surface area contributed by atoms with Crippen LogP contribution < -0.4 is 11.3 Å². The summed E-state index contributed by atoms with van der Waals surface area (Å²) in [5, 5.41) is 1.67. The Hall–Kier alpha value is -1.56. The van der Waals surface area contributed by atoms with Crippen LogP contribution in [0.25, 0.3) is 5.57 Å². The number of allylic oxidation sites excluding steroid dienone is 2. The first kappa shape index (κ1) is 17.3. The number of rotatable bonds is 3. The molecule has 4 nitrogen and oxygen atoms in total. The molecule has 0 aliphatic carbocycles. The normalized spacial score (nSPS) is 22.0. The van der Waals surface area contributed by atoms with Crippen LogP contribution in [0.4, 0.5) is 0 Å². The number of hydrogen-bond acceptors (Lipinski definition) is 4. The molecule has 1 aromatic carbocycles. The lowest BCUT2D eigenvalue weighted by Gasteiger charge is -2.32. The van der Waals surface area contributed by atoms with Crippen molar-refractivity contribution in [2.75, 3.05) is 6.54 Å². The van der Waals surface area contributed by atoms with Gasteiger partial charge < -0.3 is 14.3 Å². The maximum absolute atomic E-state index is 6.17. The predicted molar refractivity (Wildman–Crippen MR) is 99.5 cm³/mol. The first-order valence-electron chi connectivity index (χ1n) is 8.62. The molecule has 0 aromatic heterocycles. The lowest BCUT2D eigenvalue weighted by atomic mass is 9.77. The fraction of sp³-hybridized carbons (Fsp3) is 0.474. The summed E-state index contributed by atoms with van der Waals surface area (Å²) in [6, 6.07) is 6.49. The highest BCUT2D eigenvalue weighted by molar-refractivity contribution is 6.62. The molecule has 2 aliphatic heterocycles. The zero-order valence-corrected chi connectivity index (χ0v) is 15.3. The largest absolute Gasteiger partial charge is 0.494 e. The standard InChI is InChI=1S/C19H27BN2O2/c1-6-14-13-16(20-23-18(2,3)19(4,5)24-20)7-8-17(14)15-9-11-22(21)12-10-15/h7-11,13H,6,12,21H2,1-5H3. The number of nitrogens with two attached hydrogens (primary N) is 1. The molecule has 0 unspecified atom stereocenters. The van der Waals surface area contributed by atoms with Gasteiger partial charge in [0.2, 0.25) is 0 Å². The molecule has 5 heteroatoms. The van der Waals surface area contributed by atoms with Gasteiger partial charge in [-0.05, 0) is 62.4 Å². The molecule has 24 heavy (non-hydrogen) atoms. The number of aryl methyl sites for hydroxylation is 1. The summed E-state index contributed by atoms with van der Waals surface area (Å²) in [6.45, 7) is 11.2. The molecule has 1 saturated heterocycles. The van der Waals surface area contributed by atoms with Crippen LogP contribution in [0.1, 0.15) is 45.7 Å². The van der Waals surface area contributed by atoms with Gasteiger partial charge in [0, 0.05) is 6.20 Å². The van der Waals surface area contributed by atoms with Crippen molar-refractivity contribution in [1.82, 2.24) is 5.01 Å². The molecule has 3 rings (SSSR count). The Bertz CT molecular complexity index is 679. The minimum atomic E-state index is -0.318. The van der Waals surface area contributed by atoms with Gasteiger partial charge >= 0.3 is 7.12 Å². The third-order valence-corrected chi connectivity index (χ3v) is 5.31. The Labute approximate surface area is 145 Å². The number of hydrogen-bond donors (Lipinski definition) is 1. The van der Waals surface area contributed by atoms with Crippen LogP contribution in [0.2, 0.25) is 0 Å². The van der Waals surface area contributed by atoms with E-state index >= 15 is 0 Å². The number of benzene rings is 1. The first-order chi connectivity index (χ1) is 11.2. The zero-order chi connectivity index (χ0) is 17.5. The first-order valence-corrected chi connectivity index (χ1v) is 8.62. The molecule has 128 valence electrons. The quantitative estimate of drug-likeness (QED) is 0.685. The van der Waals surface area contributed by atoms with Crippen molar-refractivity contribution in [3.8, 4) is 0 Å². The Morgan fingerprint density at radius 1 is 1.17 bits per heavy atom. The van der Waals surface area contributed by atoms with E-state index in [2.05, 4.69) is 65.0 Å². The summed E-state index contributed by atoms with van der Waals surface area (Å²) < 4.78 is 12.3. The zero-order valence-electron chi connectivity index (χ0n) is 15.3. The molecule has 0 bridgehead atoms. The summed E-state index contributed by atoms with van der Waals surface area (Å²) in [5.74, 6) is 5.77. The molecule has 0 amide bonds. The molecular formula is C19H27BN2O2. The molecule has 0 atom stereocenters. The maximum atomic E-state index is 6.17. The van der Waals surface area contributed by atoms with Crippen LogP contribution in [0, 0.1) is 0 Å². The van der Waals surface area contributed by atoms with Crippen LogP contribution in [0.15, 0.2) is 36.6 Å². The van der Waals surface area contributed by atoms with Crippen molar-refractivity contribution in [1.29, 1.82) is 0 Å². The van der Waals surface area contributed by atoms with E-state index in [0.717, 1.165) is 18.4 Å². The highest BCUT2D eigenvalue weighted by Crippen LogP contribution is 2.36. The van der Waals surface area contributed by atoms with Crippen LogP contribution in [-0.4, -0.2) is 29.9 Å². The van der Waals surface area contributed by atoms with E-state index in [1.165, 1.54) is 16.7 Å². The molecule has 1 aromatic rings. The average molecular weight is 326 g/mol. The summed E-state index contributed by atoms with van der Waals surface area (Å²) in [6.07, 6.45) is 7.09. The van der Waals surface area contributed by atoms with E-state index in [9.17, 15) is 0 Å². The second kappa shape index (κ2) is 6.06. The summed E-state index contributed by atoms with van der Waals surface area (Å²) in [4.78, 5) is 0. The van der Waals surface area contributed by atoms with Gasteiger partial charge in [-0.15, -0.1) is 0 Å². The second-order valence-electron chi connectivity index (χ2n) is 7.53. The molecule has 2 aliphatic rings. The third-order valence-electron chi connectivity index (χ3n) is 5.31. The molecule has 0 spiro atoms. The highest BCUT2D eigenvalue weighted by Gasteiger charge is 2.51. The molecule has 1 fully saturated rings. The van der Waals surface area contributed by atoms with Crippen molar-refractivity contribution in [2.24, 2.45) is 5.84 Å². The molecule has 0 saturated carbocycles. The fourth-order valence-electron chi connectivity index (χ4n) is 3.02. The van der Waals surface area contributed by atoms with Crippen LogP contribution in [0.3, 0.4) is 0 Å². The Kier molecular flexibility index (Phi) is 4.37. The van der Waals surface area contributed by atoms with Gasteiger partial charge in [-0.2, -0.15) is 0 Å². The fourth-order valence-corrected chi connectivity index (χ4v) is 3.02. The van der Waals surface area contributed by atoms with E-state index in [1.807, 2.05) is 6.20 Å². The van der Waals surface area contributed by atoms with Crippen LogP contribution >= 0.6 is 0 Å². The van der Waals surface area contributed by atoms with Gasteiger partial charge in [0.05, 0.1) is 17.7 Å². The predicted octanol–water partition coefficient (Wildman–Crippen LogP) is 2.63. The van der Waals surface area contributed by atoms with Crippen LogP contribution in [-0.2, 0) is 15.7 Å². The summed E-state index contributed by atoms with van der Waals surface area (Å²) in [5.41, 5.74) is 4.21. The van der Waals surface area contributed by atoms with E-state index in [-0.39, 0.29) is 18.3 Å². The maximum Gasteiger partial charge on any atom is 0.494 e. The van der Waals surface area contributed by atoms with Gasteiger partial charge in [0.1, 0.15) is 0 Å². The molecule has 2 heterocycles. The third kappa shape index (κ3) is 3.04. The van der Waals surface area contributed by atoms with Gasteiger partial charge in [-0.25, -0.2) is 5.84 Å². The smallest absolute Gasteiger partial charge is 0.399 e. The Morgan fingerprint density at radius 2 is 1.83 bits per heavy atom. The van der Waals surface area contributed by atoms with E-state index in [4.69, 9.17) is 15.2 Å². The van der Waals surface area contributed by atoms with Crippen molar-refractivity contribution in [3.05, 3.63) is 47.7 Å². The number of nitrogens with zero attached hydrogens (tertiary/aromatic N) is 1. The average Bonchev–Trinajstić information content (AvgIpc) is 2.76. The van der Waals surface area contributed by atoms with Gasteiger partial charge in [-0.1, -0.05) is 31.2 Å². The second-order valence-corrected chi connectivity index (χ2v) is 7.53. The topological polar surface area (TPSA) is 47.7 Å². The lowest BCUT2D eigenvalue weighted by molar-refractivity contribution is 0.00578. The Balaban J connectivity index is 1.90. The van der Waals surface area contributed by atoms with Crippen molar-refractivity contribution >= 4 is 18.2 Å². The highest BCUT2D eigenvalue weighted by atomic mass is 16.7. The monoisotopic (exact) mass is 326 g/mol. The summed E-state index contributed by atoms with van der Waals surface area (Å²) >= 11 is 0. The van der Waals surface area contributed by atoms with E-state index in [1.54, 1.807) is 5.01 Å². The van der Waals surface area contributed by atoms with Crippen molar-refractivity contribution in [2.45, 2.75) is 52.2 Å². The van der Waals surface area contributed by atoms with E-state index < -0.39 is 0 Å². The minimum Gasteiger partial charge on any atom is -0.399 e. The lowest BCUT2D eigenvalue weighted by Crippen LogP contribution is -2.41. The van der Waals surface area contributed by atoms with Crippen LogP contribution in [0.5, 0.6) is 0 Å². The molecular weight excluding hydrogens is 299 g/mol. The van der Waals surface area contributed by atoms with Crippen molar-refractivity contribution < 1.29 is 9.31 Å². The SMILES string of the molecule is CCc1cc(B2OC(C)(C)C(C)(C)O2)ccc1C1=CCN(N)C=C1. The molecule has 0 radical (unpaired) electrons. The minimum absolute atomic E-state index is 0.315. The number of hydrazine groups is 1. The van der Waals surface area contributed by atoms with E-state index in [0.29, 0.717) is 0 Å². The Morgan fingerprint density at radius 3 is 2.38 bits per heavy atom. The summed E-state index contributed by atoms with van der Waals surface area (Å²) in [7, 11) is -0.315. The molecule has 2 N–H and O–H groups in total. The van der Waals surface area contributed by atoms with Gasteiger partial charge in [0.25, 0.3) is 0 Å². The van der Waals surface area contributed by atoms with Gasteiger partial charge in [-0.3, -0.25) is 0 Å². The van der Waals surface area contributed by atoms with Gasteiger partial charge in [0.15, 0.2) is 0 Å².